The molecule has 2 saturated carbocycles. The van der Waals surface area contributed by atoms with Crippen molar-refractivity contribution in [2.45, 2.75) is 69.5 Å². The van der Waals surface area contributed by atoms with Crippen molar-refractivity contribution in [1.29, 1.82) is 0 Å². The molecule has 0 spiro atoms. The van der Waals surface area contributed by atoms with E-state index in [0.29, 0.717) is 18.0 Å². The van der Waals surface area contributed by atoms with Crippen LogP contribution in [0.3, 0.4) is 0 Å². The fraction of sp³-hybridized carbons (Fsp3) is 0.550. The molecule has 4 rings (SSSR count). The van der Waals surface area contributed by atoms with Gasteiger partial charge in [0.05, 0.1) is 11.7 Å². The normalized spacial score (nSPS) is 24.8. The second-order valence-corrected chi connectivity index (χ2v) is 7.50. The molecule has 0 amide bonds. The van der Waals surface area contributed by atoms with Crippen molar-refractivity contribution in [3.8, 4) is 0 Å². The quantitative estimate of drug-likeness (QED) is 0.908. The van der Waals surface area contributed by atoms with Gasteiger partial charge in [-0.15, -0.1) is 0 Å². The summed E-state index contributed by atoms with van der Waals surface area (Å²) in [7, 11) is 0. The van der Waals surface area contributed by atoms with E-state index in [4.69, 9.17) is 0 Å². The number of aromatic nitrogens is 3. The Morgan fingerprint density at radius 1 is 1.12 bits per heavy atom. The van der Waals surface area contributed by atoms with Crippen molar-refractivity contribution in [3.63, 3.8) is 0 Å². The van der Waals surface area contributed by atoms with E-state index in [1.54, 1.807) is 10.7 Å². The van der Waals surface area contributed by atoms with Crippen molar-refractivity contribution in [2.24, 2.45) is 0 Å². The first kappa shape index (κ1) is 16.5. The highest BCUT2D eigenvalue weighted by Gasteiger charge is 2.28. The Bertz CT molecular complexity index is 761. The van der Waals surface area contributed by atoms with Crippen molar-refractivity contribution >= 4 is 0 Å². The first-order chi connectivity index (χ1) is 12.2. The molecule has 2 aromatic heterocycles. The van der Waals surface area contributed by atoms with Crippen LogP contribution in [0.5, 0.6) is 0 Å². The lowest BCUT2D eigenvalue weighted by Crippen LogP contribution is -2.37. The Labute approximate surface area is 148 Å². The Morgan fingerprint density at radius 2 is 1.92 bits per heavy atom. The van der Waals surface area contributed by atoms with E-state index in [2.05, 4.69) is 28.4 Å². The fourth-order valence-corrected chi connectivity index (χ4v) is 3.87. The van der Waals surface area contributed by atoms with Crippen LogP contribution in [0.2, 0.25) is 0 Å². The SMILES string of the molecule is CC(NC1CCC(n2nc(C3CC3)ccc2=O)CC1)c1cccnc1. The van der Waals surface area contributed by atoms with Crippen LogP contribution in [-0.2, 0) is 0 Å². The second-order valence-electron chi connectivity index (χ2n) is 7.50. The van der Waals surface area contributed by atoms with E-state index >= 15 is 0 Å². The van der Waals surface area contributed by atoms with Crippen LogP contribution in [0.1, 0.15) is 74.7 Å². The molecule has 1 unspecified atom stereocenters. The highest BCUT2D eigenvalue weighted by Crippen LogP contribution is 2.38. The smallest absolute Gasteiger partial charge is 0.267 e. The van der Waals surface area contributed by atoms with E-state index in [1.807, 2.05) is 24.5 Å². The van der Waals surface area contributed by atoms with Gasteiger partial charge in [-0.1, -0.05) is 6.07 Å². The maximum atomic E-state index is 12.2. The summed E-state index contributed by atoms with van der Waals surface area (Å²) in [6, 6.07) is 8.76. The van der Waals surface area contributed by atoms with E-state index in [9.17, 15) is 4.79 Å². The third kappa shape index (κ3) is 3.82. The maximum Gasteiger partial charge on any atom is 0.267 e. The Morgan fingerprint density at radius 3 is 2.60 bits per heavy atom. The summed E-state index contributed by atoms with van der Waals surface area (Å²) >= 11 is 0. The third-order valence-corrected chi connectivity index (χ3v) is 5.55. The predicted octanol–water partition coefficient (Wildman–Crippen LogP) is 3.35. The van der Waals surface area contributed by atoms with Crippen LogP contribution in [0.15, 0.2) is 41.5 Å². The Hall–Kier alpha value is -2.01. The van der Waals surface area contributed by atoms with Crippen molar-refractivity contribution in [3.05, 3.63) is 58.3 Å². The average molecular weight is 338 g/mol. The van der Waals surface area contributed by atoms with Crippen molar-refractivity contribution in [2.75, 3.05) is 0 Å². The maximum absolute atomic E-state index is 12.2. The lowest BCUT2D eigenvalue weighted by atomic mass is 9.90. The Balaban J connectivity index is 1.37. The van der Waals surface area contributed by atoms with Crippen LogP contribution in [0, 0.1) is 0 Å². The molecule has 2 aliphatic rings. The zero-order valence-electron chi connectivity index (χ0n) is 14.8. The van der Waals surface area contributed by atoms with Crippen LogP contribution >= 0.6 is 0 Å². The molecule has 2 heterocycles. The van der Waals surface area contributed by atoms with Gasteiger partial charge in [0.25, 0.3) is 5.56 Å². The molecule has 5 nitrogen and oxygen atoms in total. The van der Waals surface area contributed by atoms with Gasteiger partial charge < -0.3 is 5.32 Å². The van der Waals surface area contributed by atoms with Crippen LogP contribution in [0.25, 0.3) is 0 Å². The van der Waals surface area contributed by atoms with Crippen LogP contribution < -0.4 is 10.9 Å². The highest BCUT2D eigenvalue weighted by atomic mass is 16.1. The van der Waals surface area contributed by atoms with E-state index in [0.717, 1.165) is 31.4 Å². The second kappa shape index (κ2) is 7.08. The predicted molar refractivity (Wildman–Crippen MR) is 97.6 cm³/mol. The fourth-order valence-electron chi connectivity index (χ4n) is 3.87. The van der Waals surface area contributed by atoms with Crippen molar-refractivity contribution in [1.82, 2.24) is 20.1 Å². The van der Waals surface area contributed by atoms with Crippen molar-refractivity contribution < 1.29 is 0 Å². The summed E-state index contributed by atoms with van der Waals surface area (Å²) in [5.74, 6) is 0.588. The first-order valence-electron chi connectivity index (χ1n) is 9.46. The third-order valence-electron chi connectivity index (χ3n) is 5.55. The summed E-state index contributed by atoms with van der Waals surface area (Å²) in [4.78, 5) is 16.4. The molecule has 0 saturated heterocycles. The summed E-state index contributed by atoms with van der Waals surface area (Å²) in [5, 5.41) is 8.38. The molecular weight excluding hydrogens is 312 g/mol. The molecule has 5 heteroatoms. The number of hydrogen-bond acceptors (Lipinski definition) is 4. The van der Waals surface area contributed by atoms with E-state index in [-0.39, 0.29) is 11.6 Å². The molecule has 2 fully saturated rings. The number of rotatable bonds is 5. The minimum absolute atomic E-state index is 0.0459. The highest BCUT2D eigenvalue weighted by molar-refractivity contribution is 5.14. The van der Waals surface area contributed by atoms with Gasteiger partial charge in [-0.2, -0.15) is 5.10 Å². The zero-order chi connectivity index (χ0) is 17.2. The first-order valence-corrected chi connectivity index (χ1v) is 9.46. The van der Waals surface area contributed by atoms with E-state index in [1.165, 1.54) is 18.4 Å². The molecule has 132 valence electrons. The number of hydrogen-bond donors (Lipinski definition) is 1. The van der Waals surface area contributed by atoms with Gasteiger partial charge in [-0.3, -0.25) is 9.78 Å². The minimum Gasteiger partial charge on any atom is -0.307 e. The van der Waals surface area contributed by atoms with E-state index < -0.39 is 0 Å². The summed E-state index contributed by atoms with van der Waals surface area (Å²) in [6.45, 7) is 2.19. The molecule has 0 aromatic carbocycles. The molecule has 25 heavy (non-hydrogen) atoms. The van der Waals surface area contributed by atoms with Gasteiger partial charge in [0, 0.05) is 36.5 Å². The average Bonchev–Trinajstić information content (AvgIpc) is 3.49. The van der Waals surface area contributed by atoms with Gasteiger partial charge in [0.2, 0.25) is 0 Å². The zero-order valence-corrected chi connectivity index (χ0v) is 14.8. The standard InChI is InChI=1S/C20H26N4O/c1-14(16-3-2-12-21-13-16)22-17-6-8-18(9-7-17)24-20(25)11-10-19(23-24)15-4-5-15/h2-3,10-15,17-18,22H,4-9H2,1H3. The van der Waals surface area contributed by atoms with Gasteiger partial charge in [-0.05, 0) is 63.1 Å². The number of nitrogens with zero attached hydrogens (tertiary/aromatic N) is 3. The largest absolute Gasteiger partial charge is 0.307 e. The van der Waals surface area contributed by atoms with Gasteiger partial charge in [0.1, 0.15) is 0 Å². The van der Waals surface area contributed by atoms with Gasteiger partial charge in [0.15, 0.2) is 0 Å². The molecule has 0 aliphatic heterocycles. The van der Waals surface area contributed by atoms with Crippen LogP contribution in [0.4, 0.5) is 0 Å². The topological polar surface area (TPSA) is 59.8 Å². The number of pyridine rings is 1. The summed E-state index contributed by atoms with van der Waals surface area (Å²) < 4.78 is 1.76. The summed E-state index contributed by atoms with van der Waals surface area (Å²) in [6.07, 6.45) is 10.4. The monoisotopic (exact) mass is 338 g/mol. The molecule has 2 aromatic rings. The summed E-state index contributed by atoms with van der Waals surface area (Å²) in [5.41, 5.74) is 2.37. The van der Waals surface area contributed by atoms with Crippen LogP contribution in [-0.4, -0.2) is 20.8 Å². The molecule has 1 atom stereocenters. The molecule has 0 radical (unpaired) electrons. The minimum atomic E-state index is 0.0459. The lowest BCUT2D eigenvalue weighted by Gasteiger charge is -2.31. The van der Waals surface area contributed by atoms with Gasteiger partial charge >= 0.3 is 0 Å². The Kier molecular flexibility index (Phi) is 4.66. The molecular formula is C20H26N4O. The molecule has 0 bridgehead atoms. The lowest BCUT2D eigenvalue weighted by molar-refractivity contribution is 0.258. The molecule has 2 aliphatic carbocycles. The van der Waals surface area contributed by atoms with Gasteiger partial charge in [-0.25, -0.2) is 4.68 Å². The number of nitrogens with one attached hydrogen (secondary N) is 1. The molecule has 1 N–H and O–H groups in total.